The first-order valence-corrected chi connectivity index (χ1v) is 31.2. The number of likely N-dealkylation sites (N-methyl/N-ethyl adjacent to an activating group) is 1. The van der Waals surface area contributed by atoms with Crippen LogP contribution in [0.25, 0.3) is 0 Å². The molecular weight excluding hydrogens is 864 g/mol. The van der Waals surface area contributed by atoms with Gasteiger partial charge in [0.2, 0.25) is 5.91 Å². The minimum Gasteiger partial charge on any atom is -0.756 e. The first-order valence-electron chi connectivity index (χ1n) is 29.7. The summed E-state index contributed by atoms with van der Waals surface area (Å²) in [6, 6.07) is -0.899. The van der Waals surface area contributed by atoms with Crippen molar-refractivity contribution in [1.29, 1.82) is 0 Å². The second-order valence-corrected chi connectivity index (χ2v) is 23.1. The molecule has 0 saturated carbocycles. The maximum atomic E-state index is 12.9. The largest absolute Gasteiger partial charge is 0.756 e. The third-order valence-corrected chi connectivity index (χ3v) is 14.6. The quantitative estimate of drug-likeness (QED) is 0.0272. The number of hydrogen-bond acceptors (Lipinski definition) is 6. The molecule has 8 nitrogen and oxygen atoms in total. The number of nitrogens with one attached hydrogen (secondary N) is 1. The molecule has 2 N–H and O–H groups in total. The van der Waals surface area contributed by atoms with Crippen LogP contribution in [0.1, 0.15) is 296 Å². The molecule has 0 saturated heterocycles. The zero-order valence-electron chi connectivity index (χ0n) is 46.1. The van der Waals surface area contributed by atoms with Gasteiger partial charge in [-0.3, -0.25) is 9.36 Å². The number of amides is 1. The number of nitrogens with zero attached hydrogens (tertiary/aromatic N) is 1. The van der Waals surface area contributed by atoms with Gasteiger partial charge in [0.05, 0.1) is 39.9 Å². The van der Waals surface area contributed by atoms with Gasteiger partial charge < -0.3 is 28.8 Å². The van der Waals surface area contributed by atoms with E-state index in [0.717, 1.165) is 38.5 Å². The first-order chi connectivity index (χ1) is 33.0. The second kappa shape index (κ2) is 50.9. The Kier molecular flexibility index (Phi) is 50.1. The molecular formula is C59H117N2O6P. The Hall–Kier alpha value is -1.02. The molecule has 0 aromatic heterocycles. The molecule has 3 unspecified atom stereocenters. The number of phosphoric ester groups is 1. The SMILES string of the molecule is CCCCCCCC/C=C/CC/C=C/C(O)C(COP(=O)([O-])OCC[N+](C)(C)C)NC(=O)CCCCCCCCCCCCCCCCCCCCCCCCCCCCCCCCCCCC. The van der Waals surface area contributed by atoms with E-state index in [2.05, 4.69) is 31.3 Å². The summed E-state index contributed by atoms with van der Waals surface area (Å²) in [6.45, 7) is 4.64. The second-order valence-electron chi connectivity index (χ2n) is 21.7. The third-order valence-electron chi connectivity index (χ3n) is 13.7. The predicted octanol–water partition coefficient (Wildman–Crippen LogP) is 17.4. The highest BCUT2D eigenvalue weighted by atomic mass is 31.2. The van der Waals surface area contributed by atoms with Crippen molar-refractivity contribution < 1.29 is 32.9 Å². The molecule has 3 atom stereocenters. The number of unbranched alkanes of at least 4 members (excludes halogenated alkanes) is 40. The number of hydrogen-bond donors (Lipinski definition) is 2. The van der Waals surface area contributed by atoms with Gasteiger partial charge in [-0.1, -0.05) is 282 Å². The number of phosphoric acid groups is 1. The van der Waals surface area contributed by atoms with Gasteiger partial charge in [0.1, 0.15) is 13.2 Å². The smallest absolute Gasteiger partial charge is 0.268 e. The Labute approximate surface area is 424 Å². The summed E-state index contributed by atoms with van der Waals surface area (Å²) in [7, 11) is 1.25. The van der Waals surface area contributed by atoms with E-state index < -0.39 is 20.0 Å². The van der Waals surface area contributed by atoms with Crippen molar-refractivity contribution >= 4 is 13.7 Å². The van der Waals surface area contributed by atoms with Gasteiger partial charge >= 0.3 is 0 Å². The van der Waals surface area contributed by atoms with Crippen LogP contribution in [0.15, 0.2) is 24.3 Å². The van der Waals surface area contributed by atoms with E-state index in [1.807, 2.05) is 27.2 Å². The Morgan fingerprint density at radius 3 is 1.19 bits per heavy atom. The van der Waals surface area contributed by atoms with E-state index in [9.17, 15) is 19.4 Å². The first kappa shape index (κ1) is 67.0. The van der Waals surface area contributed by atoms with Crippen molar-refractivity contribution in [3.05, 3.63) is 24.3 Å². The van der Waals surface area contributed by atoms with Crippen LogP contribution in [0.3, 0.4) is 0 Å². The van der Waals surface area contributed by atoms with Gasteiger partial charge in [-0.2, -0.15) is 0 Å². The average Bonchev–Trinajstić information content (AvgIpc) is 3.30. The Bertz CT molecular complexity index is 1160. The number of carbonyl (C=O) groups excluding carboxylic acids is 1. The number of aliphatic hydroxyl groups is 1. The number of carbonyl (C=O) groups is 1. The normalized spacial score (nSPS) is 14.0. The number of allylic oxidation sites excluding steroid dienone is 3. The Balaban J connectivity index is 3.92. The summed E-state index contributed by atoms with van der Waals surface area (Å²) >= 11 is 0. The fourth-order valence-electron chi connectivity index (χ4n) is 9.00. The standard InChI is InChI=1S/C59H117N2O6P/c1-6-8-10-12-14-16-18-20-21-22-23-24-25-26-27-28-29-30-31-32-33-34-35-36-37-38-39-40-41-43-45-47-49-51-53-59(63)60-57(56-67-68(64,65)66-55-54-61(3,4)5)58(62)52-50-48-46-44-42-19-17-15-13-11-9-7-2/h42,44,50,52,57-58,62H,6-41,43,45-49,51,53-56H2,1-5H3,(H-,60,63,64,65)/b44-42+,52-50+. The maximum absolute atomic E-state index is 12.9. The molecule has 0 aromatic rings. The van der Waals surface area contributed by atoms with Crippen LogP contribution in [0.5, 0.6) is 0 Å². The molecule has 404 valence electrons. The van der Waals surface area contributed by atoms with Crippen molar-refractivity contribution in [2.45, 2.75) is 309 Å². The number of rotatable bonds is 55. The van der Waals surface area contributed by atoms with Crippen LogP contribution in [0.2, 0.25) is 0 Å². The molecule has 0 fully saturated rings. The highest BCUT2D eigenvalue weighted by Crippen LogP contribution is 2.38. The van der Waals surface area contributed by atoms with Crippen LogP contribution < -0.4 is 10.2 Å². The lowest BCUT2D eigenvalue weighted by Crippen LogP contribution is -2.45. The molecule has 0 spiro atoms. The van der Waals surface area contributed by atoms with E-state index in [1.54, 1.807) is 6.08 Å². The molecule has 0 heterocycles. The summed E-state index contributed by atoms with van der Waals surface area (Å²) in [4.78, 5) is 25.4. The monoisotopic (exact) mass is 981 g/mol. The van der Waals surface area contributed by atoms with E-state index in [-0.39, 0.29) is 19.1 Å². The molecule has 0 aliphatic carbocycles. The fourth-order valence-corrected chi connectivity index (χ4v) is 9.72. The number of aliphatic hydroxyl groups excluding tert-OH is 1. The summed E-state index contributed by atoms with van der Waals surface area (Å²) < 4.78 is 23.3. The van der Waals surface area contributed by atoms with Gasteiger partial charge in [-0.15, -0.1) is 0 Å². The van der Waals surface area contributed by atoms with Gasteiger partial charge in [0.25, 0.3) is 7.82 Å². The highest BCUT2D eigenvalue weighted by Gasteiger charge is 2.23. The lowest BCUT2D eigenvalue weighted by molar-refractivity contribution is -0.870. The van der Waals surface area contributed by atoms with Gasteiger partial charge in [0.15, 0.2) is 0 Å². The number of quaternary nitrogens is 1. The molecule has 0 aliphatic heterocycles. The van der Waals surface area contributed by atoms with Crippen LogP contribution in [-0.4, -0.2) is 68.5 Å². The molecule has 0 rings (SSSR count). The van der Waals surface area contributed by atoms with Crippen molar-refractivity contribution in [2.75, 3.05) is 40.9 Å². The maximum Gasteiger partial charge on any atom is 0.268 e. The zero-order chi connectivity index (χ0) is 49.9. The van der Waals surface area contributed by atoms with Crippen LogP contribution >= 0.6 is 7.82 Å². The van der Waals surface area contributed by atoms with E-state index in [1.165, 1.54) is 238 Å². The summed E-state index contributed by atoms with van der Waals surface area (Å²) in [5.41, 5.74) is 0. The molecule has 0 bridgehead atoms. The molecule has 1 amide bonds. The lowest BCUT2D eigenvalue weighted by Gasteiger charge is -2.29. The molecule has 0 aliphatic rings. The van der Waals surface area contributed by atoms with Crippen LogP contribution in [0, 0.1) is 0 Å². The van der Waals surface area contributed by atoms with Gasteiger partial charge in [0, 0.05) is 6.42 Å². The van der Waals surface area contributed by atoms with Crippen molar-refractivity contribution in [3.63, 3.8) is 0 Å². The fraction of sp³-hybridized carbons (Fsp3) is 0.915. The third kappa shape index (κ3) is 52.8. The zero-order valence-corrected chi connectivity index (χ0v) is 47.0. The lowest BCUT2D eigenvalue weighted by atomic mass is 10.0. The van der Waals surface area contributed by atoms with Crippen molar-refractivity contribution in [1.82, 2.24) is 5.32 Å². The Morgan fingerprint density at radius 1 is 0.500 bits per heavy atom. The van der Waals surface area contributed by atoms with E-state index >= 15 is 0 Å². The average molecular weight is 982 g/mol. The molecule has 9 heteroatoms. The van der Waals surface area contributed by atoms with Crippen molar-refractivity contribution in [2.24, 2.45) is 0 Å². The van der Waals surface area contributed by atoms with Crippen LogP contribution in [0.4, 0.5) is 0 Å². The minimum absolute atomic E-state index is 0.00409. The van der Waals surface area contributed by atoms with Crippen molar-refractivity contribution in [3.8, 4) is 0 Å². The van der Waals surface area contributed by atoms with E-state index in [0.29, 0.717) is 17.4 Å². The highest BCUT2D eigenvalue weighted by molar-refractivity contribution is 7.45. The molecule has 0 radical (unpaired) electrons. The van der Waals surface area contributed by atoms with Gasteiger partial charge in [-0.25, -0.2) is 0 Å². The van der Waals surface area contributed by atoms with Crippen LogP contribution in [-0.2, 0) is 18.4 Å². The topological polar surface area (TPSA) is 108 Å². The van der Waals surface area contributed by atoms with Gasteiger partial charge in [-0.05, 0) is 32.1 Å². The molecule has 0 aromatic carbocycles. The predicted molar refractivity (Wildman–Crippen MR) is 293 cm³/mol. The summed E-state index contributed by atoms with van der Waals surface area (Å²) in [5, 5.41) is 13.8. The Morgan fingerprint density at radius 2 is 0.824 bits per heavy atom. The summed E-state index contributed by atoms with van der Waals surface area (Å²) in [6.07, 6.45) is 64.4. The van der Waals surface area contributed by atoms with E-state index in [4.69, 9.17) is 9.05 Å². The summed E-state index contributed by atoms with van der Waals surface area (Å²) in [5.74, 6) is -0.203. The molecule has 68 heavy (non-hydrogen) atoms. The minimum atomic E-state index is -4.60.